The fraction of sp³-hybridized carbons (Fsp3) is 0.214. The average molecular weight is 329 g/mol. The molecule has 6 heteroatoms. The molecule has 20 heavy (non-hydrogen) atoms. The molecule has 0 aliphatic carbocycles. The standard InChI is InChI=1S/C14H13ClO3S2/c1-3-9-7-11(12-5-4-6-19-12)13(20(2,17)18)8-10(9)14(15)16/h4-8H,3H2,1-2H3. The van der Waals surface area contributed by atoms with Gasteiger partial charge in [-0.3, -0.25) is 4.79 Å². The van der Waals surface area contributed by atoms with Gasteiger partial charge in [-0.25, -0.2) is 8.42 Å². The number of thiophene rings is 1. The number of hydrogen-bond donors (Lipinski definition) is 0. The number of halogens is 1. The number of rotatable bonds is 4. The lowest BCUT2D eigenvalue weighted by atomic mass is 10.0. The highest BCUT2D eigenvalue weighted by atomic mass is 35.5. The third-order valence-electron chi connectivity index (χ3n) is 2.98. The summed E-state index contributed by atoms with van der Waals surface area (Å²) in [6, 6.07) is 6.85. The van der Waals surface area contributed by atoms with Crippen LogP contribution in [0.5, 0.6) is 0 Å². The van der Waals surface area contributed by atoms with Gasteiger partial charge in [-0.2, -0.15) is 0 Å². The van der Waals surface area contributed by atoms with Crippen LogP contribution in [-0.4, -0.2) is 19.9 Å². The molecule has 0 bridgehead atoms. The summed E-state index contributed by atoms with van der Waals surface area (Å²) in [5.41, 5.74) is 1.64. The summed E-state index contributed by atoms with van der Waals surface area (Å²) in [5, 5.41) is 1.25. The highest BCUT2D eigenvalue weighted by Gasteiger charge is 2.20. The fourth-order valence-electron chi connectivity index (χ4n) is 2.03. The minimum absolute atomic E-state index is 0.140. The second-order valence-corrected chi connectivity index (χ2v) is 7.66. The summed E-state index contributed by atoms with van der Waals surface area (Å²) in [5.74, 6) is 0. The van der Waals surface area contributed by atoms with E-state index in [-0.39, 0.29) is 10.5 Å². The molecule has 2 rings (SSSR count). The van der Waals surface area contributed by atoms with E-state index >= 15 is 0 Å². The molecule has 0 saturated heterocycles. The Labute approximate surface area is 127 Å². The van der Waals surface area contributed by atoms with Crippen molar-refractivity contribution in [2.45, 2.75) is 18.2 Å². The average Bonchev–Trinajstić information content (AvgIpc) is 2.89. The van der Waals surface area contributed by atoms with E-state index in [0.29, 0.717) is 12.0 Å². The van der Waals surface area contributed by atoms with Gasteiger partial charge in [-0.05, 0) is 47.2 Å². The topological polar surface area (TPSA) is 51.2 Å². The number of sulfone groups is 1. The first-order chi connectivity index (χ1) is 9.34. The first-order valence-electron chi connectivity index (χ1n) is 5.95. The largest absolute Gasteiger partial charge is 0.276 e. The zero-order valence-electron chi connectivity index (χ0n) is 11.0. The summed E-state index contributed by atoms with van der Waals surface area (Å²) in [7, 11) is -3.44. The van der Waals surface area contributed by atoms with Gasteiger partial charge in [-0.1, -0.05) is 13.0 Å². The van der Waals surface area contributed by atoms with E-state index in [1.54, 1.807) is 6.07 Å². The molecule has 1 aromatic heterocycles. The van der Waals surface area contributed by atoms with E-state index in [4.69, 9.17) is 11.6 Å². The van der Waals surface area contributed by atoms with Gasteiger partial charge >= 0.3 is 0 Å². The maximum atomic E-state index is 12.0. The van der Waals surface area contributed by atoms with Gasteiger partial charge in [0.2, 0.25) is 0 Å². The molecule has 0 spiro atoms. The monoisotopic (exact) mass is 328 g/mol. The van der Waals surface area contributed by atoms with Gasteiger partial charge in [-0.15, -0.1) is 11.3 Å². The van der Waals surface area contributed by atoms with E-state index in [0.717, 1.165) is 16.7 Å². The third-order valence-corrected chi connectivity index (χ3v) is 5.23. The Balaban J connectivity index is 2.82. The smallest absolute Gasteiger partial charge is 0.252 e. The summed E-state index contributed by atoms with van der Waals surface area (Å²) < 4.78 is 23.9. The quantitative estimate of drug-likeness (QED) is 0.803. The van der Waals surface area contributed by atoms with Crippen molar-refractivity contribution in [1.29, 1.82) is 0 Å². The molecule has 0 aliphatic rings. The van der Waals surface area contributed by atoms with Crippen molar-refractivity contribution < 1.29 is 13.2 Å². The molecule has 0 fully saturated rings. The summed E-state index contributed by atoms with van der Waals surface area (Å²) in [6.07, 6.45) is 1.74. The fourth-order valence-corrected chi connectivity index (χ4v) is 3.93. The van der Waals surface area contributed by atoms with E-state index in [2.05, 4.69) is 0 Å². The Morgan fingerprint density at radius 2 is 2.05 bits per heavy atom. The van der Waals surface area contributed by atoms with Gasteiger partial charge in [0, 0.05) is 22.3 Å². The number of aryl methyl sites for hydroxylation is 1. The second kappa shape index (κ2) is 5.68. The summed E-state index contributed by atoms with van der Waals surface area (Å²) in [4.78, 5) is 12.5. The number of hydrogen-bond acceptors (Lipinski definition) is 4. The molecule has 2 aromatic rings. The molecular formula is C14H13ClO3S2. The molecule has 106 valence electrons. The maximum Gasteiger partial charge on any atom is 0.252 e. The molecule has 0 radical (unpaired) electrons. The number of carbonyl (C=O) groups is 1. The van der Waals surface area contributed by atoms with Crippen LogP contribution in [0.1, 0.15) is 22.8 Å². The lowest BCUT2D eigenvalue weighted by Crippen LogP contribution is -2.05. The molecule has 0 aliphatic heterocycles. The third kappa shape index (κ3) is 2.95. The Bertz CT molecular complexity index is 747. The highest BCUT2D eigenvalue weighted by Crippen LogP contribution is 2.34. The van der Waals surface area contributed by atoms with Crippen LogP contribution in [0, 0.1) is 0 Å². The van der Waals surface area contributed by atoms with Crippen molar-refractivity contribution in [2.24, 2.45) is 0 Å². The van der Waals surface area contributed by atoms with Crippen LogP contribution in [0.2, 0.25) is 0 Å². The van der Waals surface area contributed by atoms with Gasteiger partial charge in [0.1, 0.15) is 0 Å². The van der Waals surface area contributed by atoms with E-state index in [1.165, 1.54) is 17.4 Å². The second-order valence-electron chi connectivity index (χ2n) is 4.38. The first kappa shape index (κ1) is 15.2. The summed E-state index contributed by atoms with van der Waals surface area (Å²) >= 11 is 7.01. The van der Waals surface area contributed by atoms with Crippen LogP contribution in [0.4, 0.5) is 0 Å². The lowest BCUT2D eigenvalue weighted by Gasteiger charge is -2.12. The zero-order chi connectivity index (χ0) is 14.9. The molecule has 1 heterocycles. The molecule has 0 N–H and O–H groups in total. The molecule has 0 saturated carbocycles. The van der Waals surface area contributed by atoms with E-state index in [1.807, 2.05) is 24.4 Å². The Morgan fingerprint density at radius 3 is 2.50 bits per heavy atom. The molecule has 3 nitrogen and oxygen atoms in total. The van der Waals surface area contributed by atoms with Crippen molar-refractivity contribution in [3.63, 3.8) is 0 Å². The number of carbonyl (C=O) groups excluding carboxylic acids is 1. The van der Waals surface area contributed by atoms with Crippen molar-refractivity contribution in [3.05, 3.63) is 40.8 Å². The van der Waals surface area contributed by atoms with Crippen molar-refractivity contribution in [1.82, 2.24) is 0 Å². The lowest BCUT2D eigenvalue weighted by molar-refractivity contribution is 0.108. The Kier molecular flexibility index (Phi) is 4.32. The maximum absolute atomic E-state index is 12.0. The normalized spacial score (nSPS) is 11.6. The molecule has 0 unspecified atom stereocenters. The van der Waals surface area contributed by atoms with Crippen LogP contribution < -0.4 is 0 Å². The van der Waals surface area contributed by atoms with Crippen molar-refractivity contribution >= 4 is 38.0 Å². The van der Waals surface area contributed by atoms with Crippen LogP contribution in [0.25, 0.3) is 10.4 Å². The van der Waals surface area contributed by atoms with Crippen molar-refractivity contribution in [2.75, 3.05) is 6.26 Å². The summed E-state index contributed by atoms with van der Waals surface area (Å²) in [6.45, 7) is 1.90. The predicted octanol–water partition coefficient (Wildman–Crippen LogP) is 3.76. The van der Waals surface area contributed by atoms with Gasteiger partial charge in [0.25, 0.3) is 5.24 Å². The van der Waals surface area contributed by atoms with Crippen LogP contribution in [0.3, 0.4) is 0 Å². The Morgan fingerprint density at radius 1 is 1.35 bits per heavy atom. The Hall–Kier alpha value is -1.17. The van der Waals surface area contributed by atoms with Gasteiger partial charge in [0.15, 0.2) is 9.84 Å². The van der Waals surface area contributed by atoms with Gasteiger partial charge in [0.05, 0.1) is 4.90 Å². The van der Waals surface area contributed by atoms with Crippen LogP contribution >= 0.6 is 22.9 Å². The van der Waals surface area contributed by atoms with Gasteiger partial charge < -0.3 is 0 Å². The minimum Gasteiger partial charge on any atom is -0.276 e. The minimum atomic E-state index is -3.44. The molecule has 0 atom stereocenters. The van der Waals surface area contributed by atoms with Crippen molar-refractivity contribution in [3.8, 4) is 10.4 Å². The first-order valence-corrected chi connectivity index (χ1v) is 9.10. The molecule has 1 aromatic carbocycles. The highest BCUT2D eigenvalue weighted by molar-refractivity contribution is 7.90. The SMILES string of the molecule is CCc1cc(-c2cccs2)c(S(C)(=O)=O)cc1C(=O)Cl. The zero-order valence-corrected chi connectivity index (χ0v) is 13.4. The van der Waals surface area contributed by atoms with Crippen LogP contribution in [0.15, 0.2) is 34.5 Å². The van der Waals surface area contributed by atoms with E-state index < -0.39 is 15.1 Å². The van der Waals surface area contributed by atoms with E-state index in [9.17, 15) is 13.2 Å². The molecule has 0 amide bonds. The molecular weight excluding hydrogens is 316 g/mol. The number of benzene rings is 1. The van der Waals surface area contributed by atoms with Crippen LogP contribution in [-0.2, 0) is 16.3 Å². The predicted molar refractivity (Wildman–Crippen MR) is 82.4 cm³/mol.